The van der Waals surface area contributed by atoms with Crippen molar-refractivity contribution < 1.29 is 40.5 Å². The average Bonchev–Trinajstić information content (AvgIpc) is 2.84. The number of aliphatic hydroxyl groups excluding tert-OH is 2. The van der Waals surface area contributed by atoms with Crippen molar-refractivity contribution in [2.75, 3.05) is 0 Å². The second-order valence-electron chi connectivity index (χ2n) is 10.9. The highest BCUT2D eigenvalue weighted by atomic mass is 16.7. The van der Waals surface area contributed by atoms with Gasteiger partial charge in [-0.3, -0.25) is 0 Å². The molecule has 6 bridgehead atoms. The molecule has 160 valence electrons. The van der Waals surface area contributed by atoms with E-state index in [2.05, 4.69) is 0 Å². The molecule has 28 heavy (non-hydrogen) atoms. The number of hydrogen-bond acceptors (Lipinski definition) is 8. The summed E-state index contributed by atoms with van der Waals surface area (Å²) in [5.74, 6) is -3.24. The van der Waals surface area contributed by atoms with Crippen LogP contribution in [0.15, 0.2) is 0 Å². The Morgan fingerprint density at radius 3 is 2.11 bits per heavy atom. The highest BCUT2D eigenvalue weighted by Crippen LogP contribution is 2.90. The van der Waals surface area contributed by atoms with Crippen LogP contribution in [0.3, 0.4) is 0 Å². The van der Waals surface area contributed by atoms with Crippen LogP contribution in [0.25, 0.3) is 0 Å². The third kappa shape index (κ3) is 1.13. The minimum atomic E-state index is -2.49. The second-order valence-corrected chi connectivity index (χ2v) is 10.9. The molecule has 8 nitrogen and oxygen atoms in total. The molecule has 4 aliphatic carbocycles. The Morgan fingerprint density at radius 2 is 1.57 bits per heavy atom. The SMILES string of the molecule is CC(C)[C@@]1(O)[C@@H](O)[C@@]2(O)[C@@]3(C)C[C@]4(O)O[C@@]5([C@H](O)[C@@H](C)CC[C@@]35O)[C@@]2(O)[C@]14C. The first-order valence-corrected chi connectivity index (χ1v) is 10.2. The fourth-order valence-corrected chi connectivity index (χ4v) is 8.80. The van der Waals surface area contributed by atoms with Gasteiger partial charge in [0, 0.05) is 11.8 Å². The van der Waals surface area contributed by atoms with Crippen molar-refractivity contribution in [2.45, 2.75) is 99.9 Å². The third-order valence-electron chi connectivity index (χ3n) is 10.3. The molecular weight excluding hydrogens is 368 g/mol. The van der Waals surface area contributed by atoms with E-state index in [9.17, 15) is 35.7 Å². The molecule has 0 radical (unpaired) electrons. The topological polar surface area (TPSA) is 151 Å². The molecule has 2 aliphatic heterocycles. The van der Waals surface area contributed by atoms with Crippen LogP contribution < -0.4 is 0 Å². The standard InChI is InChI=1S/C20H32O8/c1-9(2)17(25)12(22)18(26)13(4)8-16(24)14(17,5)20(18,27)19(28-16)11(21)10(3)6-7-15(13,19)23/h9-12,21-27H,6-8H2,1-5H3/t10-,11+,12+,13-,14-,15+,16-,17+,18+,19+,20+/m0/s1. The van der Waals surface area contributed by atoms with Gasteiger partial charge in [0.2, 0.25) is 0 Å². The van der Waals surface area contributed by atoms with E-state index in [1.807, 2.05) is 0 Å². The molecule has 1 spiro atoms. The lowest BCUT2D eigenvalue weighted by molar-refractivity contribution is -0.390. The van der Waals surface area contributed by atoms with Crippen LogP contribution >= 0.6 is 0 Å². The molecule has 6 aliphatic rings. The van der Waals surface area contributed by atoms with Crippen molar-refractivity contribution in [3.05, 3.63) is 0 Å². The molecule has 8 heteroatoms. The Bertz CT molecular complexity index is 790. The zero-order valence-corrected chi connectivity index (χ0v) is 17.0. The van der Waals surface area contributed by atoms with Gasteiger partial charge in [0.05, 0.1) is 11.5 Å². The Labute approximate surface area is 163 Å². The zero-order chi connectivity index (χ0) is 21.1. The van der Waals surface area contributed by atoms with Crippen LogP contribution in [0.5, 0.6) is 0 Å². The van der Waals surface area contributed by atoms with E-state index in [0.29, 0.717) is 6.42 Å². The van der Waals surface area contributed by atoms with Gasteiger partial charge < -0.3 is 40.5 Å². The van der Waals surface area contributed by atoms with E-state index in [4.69, 9.17) is 4.74 Å². The lowest BCUT2D eigenvalue weighted by atomic mass is 9.52. The lowest BCUT2D eigenvalue weighted by Gasteiger charge is -2.60. The van der Waals surface area contributed by atoms with E-state index in [-0.39, 0.29) is 12.8 Å². The number of ether oxygens (including phenoxy) is 1. The quantitative estimate of drug-likeness (QED) is 0.285. The molecular formula is C20H32O8. The summed E-state index contributed by atoms with van der Waals surface area (Å²) in [6.45, 7) is 7.90. The monoisotopic (exact) mass is 400 g/mol. The second kappa shape index (κ2) is 4.34. The zero-order valence-electron chi connectivity index (χ0n) is 17.0. The summed E-state index contributed by atoms with van der Waals surface area (Å²) in [4.78, 5) is 0. The minimum Gasteiger partial charge on any atom is -0.390 e. The van der Waals surface area contributed by atoms with Gasteiger partial charge in [-0.15, -0.1) is 0 Å². The predicted molar refractivity (Wildman–Crippen MR) is 94.6 cm³/mol. The van der Waals surface area contributed by atoms with Crippen LogP contribution in [0.2, 0.25) is 0 Å². The summed E-state index contributed by atoms with van der Waals surface area (Å²) in [6, 6.07) is 0. The first-order chi connectivity index (χ1) is 12.6. The van der Waals surface area contributed by atoms with E-state index in [0.717, 1.165) is 0 Å². The highest BCUT2D eigenvalue weighted by molar-refractivity contribution is 5.56. The van der Waals surface area contributed by atoms with E-state index in [1.165, 1.54) is 13.8 Å². The largest absolute Gasteiger partial charge is 0.390 e. The highest BCUT2D eigenvalue weighted by Gasteiger charge is 3.09. The fraction of sp³-hybridized carbons (Fsp3) is 1.00. The Balaban J connectivity index is 1.97. The van der Waals surface area contributed by atoms with Crippen LogP contribution in [0.1, 0.15) is 53.9 Å². The maximum Gasteiger partial charge on any atom is 0.178 e. The summed E-state index contributed by atoms with van der Waals surface area (Å²) in [5, 5.41) is 82.3. The summed E-state index contributed by atoms with van der Waals surface area (Å²) in [6.07, 6.45) is -3.04. The van der Waals surface area contributed by atoms with Gasteiger partial charge in [-0.1, -0.05) is 27.7 Å². The van der Waals surface area contributed by atoms with Gasteiger partial charge >= 0.3 is 0 Å². The minimum absolute atomic E-state index is 0.116. The molecule has 0 aromatic carbocycles. The molecule has 7 N–H and O–H groups in total. The number of aliphatic hydroxyl groups is 7. The van der Waals surface area contributed by atoms with Crippen molar-refractivity contribution in [1.29, 1.82) is 0 Å². The number of rotatable bonds is 1. The fourth-order valence-electron chi connectivity index (χ4n) is 8.80. The molecule has 6 rings (SSSR count). The Kier molecular flexibility index (Phi) is 3.04. The molecule has 0 amide bonds. The van der Waals surface area contributed by atoms with Crippen LogP contribution in [0.4, 0.5) is 0 Å². The van der Waals surface area contributed by atoms with Crippen molar-refractivity contribution >= 4 is 0 Å². The van der Waals surface area contributed by atoms with Gasteiger partial charge in [0.25, 0.3) is 0 Å². The predicted octanol–water partition coefficient (Wildman–Crippen LogP) is -1.38. The van der Waals surface area contributed by atoms with Crippen molar-refractivity contribution in [2.24, 2.45) is 22.7 Å². The maximum atomic E-state index is 12.3. The third-order valence-corrected chi connectivity index (χ3v) is 10.3. The van der Waals surface area contributed by atoms with E-state index in [1.54, 1.807) is 20.8 Å². The van der Waals surface area contributed by atoms with Crippen molar-refractivity contribution in [3.63, 3.8) is 0 Å². The summed E-state index contributed by atoms with van der Waals surface area (Å²) >= 11 is 0. The normalized spacial score (nSPS) is 72.1. The summed E-state index contributed by atoms with van der Waals surface area (Å²) in [7, 11) is 0. The molecule has 0 unspecified atom stereocenters. The van der Waals surface area contributed by atoms with Gasteiger partial charge in [0.15, 0.2) is 11.4 Å². The van der Waals surface area contributed by atoms with E-state index < -0.39 is 68.7 Å². The Hall–Kier alpha value is -0.320. The molecule has 2 saturated heterocycles. The van der Waals surface area contributed by atoms with Gasteiger partial charge in [-0.25, -0.2) is 0 Å². The first kappa shape index (κ1) is 19.6. The molecule has 0 aromatic rings. The number of hydrogen-bond donors (Lipinski definition) is 7. The molecule has 0 aromatic heterocycles. The summed E-state index contributed by atoms with van der Waals surface area (Å²) in [5.41, 5.74) is -14.7. The summed E-state index contributed by atoms with van der Waals surface area (Å²) < 4.78 is 6.05. The van der Waals surface area contributed by atoms with E-state index >= 15 is 0 Å². The van der Waals surface area contributed by atoms with Crippen LogP contribution in [-0.4, -0.2) is 81.7 Å². The maximum absolute atomic E-state index is 12.3. The van der Waals surface area contributed by atoms with Gasteiger partial charge in [0.1, 0.15) is 28.5 Å². The lowest BCUT2D eigenvalue weighted by Crippen LogP contribution is -2.75. The van der Waals surface area contributed by atoms with Gasteiger partial charge in [-0.2, -0.15) is 0 Å². The molecule has 4 saturated carbocycles. The van der Waals surface area contributed by atoms with Crippen LogP contribution in [0, 0.1) is 22.7 Å². The van der Waals surface area contributed by atoms with Crippen LogP contribution in [-0.2, 0) is 4.74 Å². The van der Waals surface area contributed by atoms with Crippen molar-refractivity contribution in [1.82, 2.24) is 0 Å². The Morgan fingerprint density at radius 1 is 1.00 bits per heavy atom. The molecule has 2 heterocycles. The smallest absolute Gasteiger partial charge is 0.178 e. The average molecular weight is 400 g/mol. The first-order valence-electron chi connectivity index (χ1n) is 10.2. The molecule has 6 fully saturated rings. The molecule has 11 atom stereocenters. The van der Waals surface area contributed by atoms with Crippen molar-refractivity contribution in [3.8, 4) is 0 Å². The van der Waals surface area contributed by atoms with Gasteiger partial charge in [-0.05, 0) is 31.6 Å².